The van der Waals surface area contributed by atoms with Crippen LogP contribution in [0.3, 0.4) is 0 Å². The standard InChI is InChI=1S/C10H12Br2N2O2S/c11-7-3-6(17-8(7)12)4-14-2-1-10(13,5-14)9(15)16/h3H,1-2,4-5,13H2,(H,15,16). The summed E-state index contributed by atoms with van der Waals surface area (Å²) >= 11 is 8.53. The van der Waals surface area contributed by atoms with E-state index >= 15 is 0 Å². The van der Waals surface area contributed by atoms with Gasteiger partial charge in [-0.3, -0.25) is 9.69 Å². The second-order valence-electron chi connectivity index (χ2n) is 4.26. The molecule has 17 heavy (non-hydrogen) atoms. The maximum atomic E-state index is 11.0. The summed E-state index contributed by atoms with van der Waals surface area (Å²) in [4.78, 5) is 14.3. The molecule has 1 fully saturated rings. The minimum atomic E-state index is -1.08. The normalized spacial score (nSPS) is 25.4. The smallest absolute Gasteiger partial charge is 0.325 e. The van der Waals surface area contributed by atoms with Crippen molar-refractivity contribution >= 4 is 49.2 Å². The number of halogens is 2. The number of rotatable bonds is 3. The summed E-state index contributed by atoms with van der Waals surface area (Å²) in [6.07, 6.45) is 0.510. The van der Waals surface area contributed by atoms with Crippen LogP contribution < -0.4 is 5.73 Å². The van der Waals surface area contributed by atoms with Gasteiger partial charge in [0.2, 0.25) is 0 Å². The van der Waals surface area contributed by atoms with Crippen LogP contribution in [0, 0.1) is 0 Å². The summed E-state index contributed by atoms with van der Waals surface area (Å²) in [5.41, 5.74) is 4.75. The molecule has 3 N–H and O–H groups in total. The van der Waals surface area contributed by atoms with E-state index in [1.54, 1.807) is 11.3 Å². The second-order valence-corrected chi connectivity index (χ2v) is 7.57. The predicted molar refractivity (Wildman–Crippen MR) is 74.2 cm³/mol. The Kier molecular flexibility index (Phi) is 3.94. The maximum absolute atomic E-state index is 11.0. The minimum absolute atomic E-state index is 0.412. The molecule has 2 rings (SSSR count). The van der Waals surface area contributed by atoms with Crippen LogP contribution >= 0.6 is 43.2 Å². The lowest BCUT2D eigenvalue weighted by molar-refractivity contribution is -0.142. The van der Waals surface area contributed by atoms with Crippen molar-refractivity contribution in [2.75, 3.05) is 13.1 Å². The summed E-state index contributed by atoms with van der Waals surface area (Å²) in [5.74, 6) is -0.909. The van der Waals surface area contributed by atoms with E-state index in [0.29, 0.717) is 13.0 Å². The molecule has 0 radical (unpaired) electrons. The molecule has 1 atom stereocenters. The Morgan fingerprint density at radius 3 is 2.82 bits per heavy atom. The van der Waals surface area contributed by atoms with E-state index in [0.717, 1.165) is 21.3 Å². The van der Waals surface area contributed by atoms with Gasteiger partial charge in [-0.25, -0.2) is 0 Å². The van der Waals surface area contributed by atoms with Gasteiger partial charge in [0, 0.05) is 29.0 Å². The van der Waals surface area contributed by atoms with Gasteiger partial charge in [-0.2, -0.15) is 0 Å². The van der Waals surface area contributed by atoms with Gasteiger partial charge in [0.25, 0.3) is 0 Å². The molecule has 94 valence electrons. The Balaban J connectivity index is 2.01. The zero-order valence-electron chi connectivity index (χ0n) is 8.95. The number of carboxylic acid groups (broad SMARTS) is 1. The molecule has 0 aliphatic carbocycles. The molecule has 1 aliphatic heterocycles. The van der Waals surface area contributed by atoms with Gasteiger partial charge < -0.3 is 10.8 Å². The monoisotopic (exact) mass is 382 g/mol. The molecule has 1 aliphatic rings. The van der Waals surface area contributed by atoms with Crippen molar-refractivity contribution in [1.82, 2.24) is 4.90 Å². The molecule has 0 bridgehead atoms. The topological polar surface area (TPSA) is 66.6 Å². The van der Waals surface area contributed by atoms with Crippen molar-refractivity contribution in [2.24, 2.45) is 5.73 Å². The number of thiophene rings is 1. The lowest BCUT2D eigenvalue weighted by atomic mass is 10.0. The van der Waals surface area contributed by atoms with E-state index < -0.39 is 11.5 Å². The van der Waals surface area contributed by atoms with Gasteiger partial charge >= 0.3 is 5.97 Å². The predicted octanol–water partition coefficient (Wildman–Crippen LogP) is 2.26. The van der Waals surface area contributed by atoms with E-state index in [1.807, 2.05) is 6.07 Å². The third-order valence-electron chi connectivity index (χ3n) is 2.88. The summed E-state index contributed by atoms with van der Waals surface area (Å²) in [6, 6.07) is 2.05. The molecule has 1 saturated heterocycles. The SMILES string of the molecule is NC1(C(=O)O)CCN(Cc2cc(Br)c(Br)s2)C1. The average Bonchev–Trinajstić information content (AvgIpc) is 2.74. The van der Waals surface area contributed by atoms with Gasteiger partial charge in [-0.1, -0.05) is 0 Å². The molecule has 4 nitrogen and oxygen atoms in total. The molecule has 1 unspecified atom stereocenters. The number of likely N-dealkylation sites (tertiary alicyclic amines) is 1. The number of carbonyl (C=O) groups is 1. The zero-order valence-corrected chi connectivity index (χ0v) is 12.9. The molecule has 1 aromatic heterocycles. The van der Waals surface area contributed by atoms with E-state index in [2.05, 4.69) is 36.8 Å². The van der Waals surface area contributed by atoms with Crippen LogP contribution in [0.1, 0.15) is 11.3 Å². The largest absolute Gasteiger partial charge is 0.480 e. The third-order valence-corrected chi connectivity index (χ3v) is 6.12. The molecular formula is C10H12Br2N2O2S. The first kappa shape index (κ1) is 13.5. The molecule has 0 aromatic carbocycles. The van der Waals surface area contributed by atoms with Crippen molar-refractivity contribution < 1.29 is 9.90 Å². The van der Waals surface area contributed by atoms with Crippen molar-refractivity contribution in [3.8, 4) is 0 Å². The molecule has 0 spiro atoms. The summed E-state index contributed by atoms with van der Waals surface area (Å²) in [5, 5.41) is 9.04. The minimum Gasteiger partial charge on any atom is -0.480 e. The molecule has 0 amide bonds. The van der Waals surface area contributed by atoms with Crippen LogP contribution in [0.25, 0.3) is 0 Å². The molecule has 7 heteroatoms. The van der Waals surface area contributed by atoms with Crippen LogP contribution in [-0.2, 0) is 11.3 Å². The Morgan fingerprint density at radius 1 is 1.65 bits per heavy atom. The first-order chi connectivity index (χ1) is 7.90. The van der Waals surface area contributed by atoms with Gasteiger partial charge in [0.15, 0.2) is 0 Å². The fraction of sp³-hybridized carbons (Fsp3) is 0.500. The molecular weight excluding hydrogens is 372 g/mol. The van der Waals surface area contributed by atoms with E-state index in [-0.39, 0.29) is 0 Å². The van der Waals surface area contributed by atoms with Gasteiger partial charge in [-0.15, -0.1) is 11.3 Å². The zero-order chi connectivity index (χ0) is 12.6. The van der Waals surface area contributed by atoms with Crippen molar-refractivity contribution in [1.29, 1.82) is 0 Å². The summed E-state index contributed by atoms with van der Waals surface area (Å²) in [7, 11) is 0. The van der Waals surface area contributed by atoms with Gasteiger partial charge in [0.05, 0.1) is 3.79 Å². The van der Waals surface area contributed by atoms with Crippen LogP contribution in [0.2, 0.25) is 0 Å². The number of hydrogen-bond donors (Lipinski definition) is 2. The van der Waals surface area contributed by atoms with E-state index in [9.17, 15) is 4.79 Å². The van der Waals surface area contributed by atoms with E-state index in [1.165, 1.54) is 4.88 Å². The number of carboxylic acids is 1. The highest BCUT2D eigenvalue weighted by Crippen LogP contribution is 2.33. The second kappa shape index (κ2) is 4.97. The van der Waals surface area contributed by atoms with Gasteiger partial charge in [0.1, 0.15) is 5.54 Å². The number of hydrogen-bond acceptors (Lipinski definition) is 4. The Morgan fingerprint density at radius 2 is 2.35 bits per heavy atom. The maximum Gasteiger partial charge on any atom is 0.325 e. The first-order valence-corrected chi connectivity index (χ1v) is 7.49. The van der Waals surface area contributed by atoms with Crippen LogP contribution in [0.5, 0.6) is 0 Å². The molecule has 0 saturated carbocycles. The van der Waals surface area contributed by atoms with Crippen LogP contribution in [0.15, 0.2) is 14.3 Å². The average molecular weight is 384 g/mol. The Bertz CT molecular complexity index is 432. The fourth-order valence-corrected chi connectivity index (χ4v) is 4.13. The Hall–Kier alpha value is 0.0500. The van der Waals surface area contributed by atoms with Crippen LogP contribution in [0.4, 0.5) is 0 Å². The van der Waals surface area contributed by atoms with Crippen molar-refractivity contribution in [3.63, 3.8) is 0 Å². The van der Waals surface area contributed by atoms with Crippen molar-refractivity contribution in [3.05, 3.63) is 19.2 Å². The van der Waals surface area contributed by atoms with E-state index in [4.69, 9.17) is 10.8 Å². The number of nitrogens with zero attached hydrogens (tertiary/aromatic N) is 1. The summed E-state index contributed by atoms with van der Waals surface area (Å²) in [6.45, 7) is 1.90. The third kappa shape index (κ3) is 2.90. The number of aliphatic carboxylic acids is 1. The molecule has 1 aromatic rings. The van der Waals surface area contributed by atoms with Crippen LogP contribution in [-0.4, -0.2) is 34.6 Å². The lowest BCUT2D eigenvalue weighted by Gasteiger charge is -2.19. The highest BCUT2D eigenvalue weighted by atomic mass is 79.9. The number of nitrogens with two attached hydrogens (primary N) is 1. The lowest BCUT2D eigenvalue weighted by Crippen LogP contribution is -2.49. The molecule has 2 heterocycles. The highest BCUT2D eigenvalue weighted by Gasteiger charge is 2.41. The first-order valence-electron chi connectivity index (χ1n) is 5.09. The summed E-state index contributed by atoms with van der Waals surface area (Å²) < 4.78 is 2.10. The highest BCUT2D eigenvalue weighted by molar-refractivity contribution is 9.13. The van der Waals surface area contributed by atoms with Gasteiger partial charge in [-0.05, 0) is 44.3 Å². The fourth-order valence-electron chi connectivity index (χ4n) is 1.91. The van der Waals surface area contributed by atoms with Crippen molar-refractivity contribution in [2.45, 2.75) is 18.5 Å². The Labute approximate surface area is 120 Å². The quantitative estimate of drug-likeness (QED) is 0.840.